The number of furan rings is 1. The highest BCUT2D eigenvalue weighted by Gasteiger charge is 2.42. The number of nitrogens with zero attached hydrogens (tertiary/aromatic N) is 2. The number of anilines is 1. The first-order chi connectivity index (χ1) is 16.8. The van der Waals surface area contributed by atoms with Crippen LogP contribution in [0.5, 0.6) is 0 Å². The molecule has 0 spiro atoms. The first kappa shape index (κ1) is 23.1. The average molecular weight is 504 g/mol. The molecule has 1 saturated heterocycles. The molecule has 4 aromatic rings. The molecule has 3 heterocycles. The molecular weight excluding hydrogens is 482 g/mol. The summed E-state index contributed by atoms with van der Waals surface area (Å²) in [5, 5.41) is 13.8. The first-order valence-corrected chi connectivity index (χ1v) is 11.8. The summed E-state index contributed by atoms with van der Waals surface area (Å²) in [5.41, 5.74) is 4.77. The van der Waals surface area contributed by atoms with Crippen molar-refractivity contribution in [1.29, 1.82) is 0 Å². The summed E-state index contributed by atoms with van der Waals surface area (Å²) < 4.78 is 6.33. The maximum Gasteiger partial charge on any atom is 0.335 e. The Morgan fingerprint density at radius 1 is 1.09 bits per heavy atom. The molecule has 2 aromatic heterocycles. The van der Waals surface area contributed by atoms with Gasteiger partial charge in [0.2, 0.25) is 0 Å². The van der Waals surface area contributed by atoms with E-state index in [0.29, 0.717) is 27.2 Å². The highest BCUT2D eigenvalue weighted by molar-refractivity contribution is 7.80. The number of aryl methyl sites for hydroxylation is 2. The molecule has 0 unspecified atom stereocenters. The van der Waals surface area contributed by atoms with Crippen LogP contribution < -0.4 is 10.2 Å². The second kappa shape index (κ2) is 9.17. The molecule has 2 atom stereocenters. The topological polar surface area (TPSA) is 78.6 Å². The number of aromatic nitrogens is 1. The highest BCUT2D eigenvalue weighted by atomic mass is 35.5. The summed E-state index contributed by atoms with van der Waals surface area (Å²) in [7, 11) is 0. The Morgan fingerprint density at radius 2 is 1.91 bits per heavy atom. The summed E-state index contributed by atoms with van der Waals surface area (Å²) in [6.07, 6.45) is 1.75. The predicted molar refractivity (Wildman–Crippen MR) is 140 cm³/mol. The van der Waals surface area contributed by atoms with Gasteiger partial charge in [0.15, 0.2) is 5.11 Å². The Morgan fingerprint density at radius 3 is 2.63 bits per heavy atom. The molecule has 8 heteroatoms. The number of carboxylic acid groups (broad SMARTS) is 1. The van der Waals surface area contributed by atoms with Gasteiger partial charge in [-0.25, -0.2) is 4.79 Å². The minimum Gasteiger partial charge on any atom is -0.478 e. The van der Waals surface area contributed by atoms with E-state index in [1.54, 1.807) is 18.3 Å². The van der Waals surface area contributed by atoms with Crippen LogP contribution in [0.25, 0.3) is 11.3 Å². The summed E-state index contributed by atoms with van der Waals surface area (Å²) >= 11 is 12.2. The number of nitrogens with one attached hydrogen (secondary N) is 1. The monoisotopic (exact) mass is 503 g/mol. The fraction of sp³-hybridized carbons (Fsp3) is 0.148. The Bertz CT molecular complexity index is 1440. The van der Waals surface area contributed by atoms with Crippen LogP contribution in [0, 0.1) is 13.8 Å². The van der Waals surface area contributed by atoms with E-state index in [1.807, 2.05) is 35.2 Å². The van der Waals surface area contributed by atoms with Gasteiger partial charge < -0.3 is 19.7 Å². The Kier molecular flexibility index (Phi) is 6.05. The number of thiocarbonyl (C=S) groups is 1. The Hall–Kier alpha value is -3.68. The molecule has 0 radical (unpaired) electrons. The lowest BCUT2D eigenvalue weighted by Crippen LogP contribution is -2.29. The molecule has 1 fully saturated rings. The van der Waals surface area contributed by atoms with Crippen molar-refractivity contribution in [2.24, 2.45) is 0 Å². The van der Waals surface area contributed by atoms with Crippen molar-refractivity contribution < 1.29 is 14.3 Å². The number of rotatable bonds is 5. The van der Waals surface area contributed by atoms with Gasteiger partial charge >= 0.3 is 5.97 Å². The molecule has 5 rings (SSSR count). The molecule has 0 aliphatic carbocycles. The number of hydrogen-bond acceptors (Lipinski definition) is 4. The Labute approximate surface area is 213 Å². The van der Waals surface area contributed by atoms with Gasteiger partial charge in [0, 0.05) is 17.4 Å². The van der Waals surface area contributed by atoms with E-state index in [-0.39, 0.29) is 17.6 Å². The van der Waals surface area contributed by atoms with Crippen molar-refractivity contribution in [3.05, 3.63) is 106 Å². The number of carbonyl (C=O) groups is 1. The maximum atomic E-state index is 11.5. The zero-order valence-corrected chi connectivity index (χ0v) is 20.6. The molecule has 0 saturated carbocycles. The normalized spacial score (nSPS) is 17.5. The smallest absolute Gasteiger partial charge is 0.335 e. The van der Waals surface area contributed by atoms with Crippen LogP contribution in [0.3, 0.4) is 0 Å². The van der Waals surface area contributed by atoms with Crippen LogP contribution in [0.1, 0.15) is 45.0 Å². The SMILES string of the molecule is Cc1ccc(N2C(=S)N[C@H](c3ccccn3)[C@@H]2c2ccc(-c3cc(C(=O)O)ccc3Cl)o2)cc1C. The number of benzene rings is 2. The molecule has 1 aliphatic rings. The van der Waals surface area contributed by atoms with Crippen LogP contribution >= 0.6 is 23.8 Å². The number of pyridine rings is 1. The highest BCUT2D eigenvalue weighted by Crippen LogP contribution is 2.43. The fourth-order valence-corrected chi connectivity index (χ4v) is 4.86. The van der Waals surface area contributed by atoms with Crippen molar-refractivity contribution >= 4 is 40.6 Å². The van der Waals surface area contributed by atoms with E-state index in [2.05, 4.69) is 36.3 Å². The van der Waals surface area contributed by atoms with Crippen LogP contribution in [0.4, 0.5) is 5.69 Å². The van der Waals surface area contributed by atoms with E-state index in [0.717, 1.165) is 16.9 Å². The number of carboxylic acids is 1. The molecule has 0 amide bonds. The number of hydrogen-bond donors (Lipinski definition) is 2. The zero-order valence-electron chi connectivity index (χ0n) is 19.0. The largest absolute Gasteiger partial charge is 0.478 e. The van der Waals surface area contributed by atoms with Crippen molar-refractivity contribution in [3.8, 4) is 11.3 Å². The molecule has 6 nitrogen and oxygen atoms in total. The molecule has 2 N–H and O–H groups in total. The van der Waals surface area contributed by atoms with E-state index in [4.69, 9.17) is 28.2 Å². The minimum absolute atomic E-state index is 0.134. The Balaban J connectivity index is 1.62. The fourth-order valence-electron chi connectivity index (χ4n) is 4.30. The molecule has 2 aromatic carbocycles. The summed E-state index contributed by atoms with van der Waals surface area (Å²) in [5.74, 6) is 0.0971. The lowest BCUT2D eigenvalue weighted by atomic mass is 10.0. The van der Waals surface area contributed by atoms with E-state index in [9.17, 15) is 9.90 Å². The van der Waals surface area contributed by atoms with Crippen LogP contribution in [0.15, 0.2) is 77.3 Å². The van der Waals surface area contributed by atoms with Crippen LogP contribution in [0.2, 0.25) is 5.02 Å². The molecule has 176 valence electrons. The minimum atomic E-state index is -1.03. The maximum absolute atomic E-state index is 11.5. The average Bonchev–Trinajstić information content (AvgIpc) is 3.46. The molecule has 35 heavy (non-hydrogen) atoms. The van der Waals surface area contributed by atoms with Gasteiger partial charge in [0.25, 0.3) is 0 Å². The van der Waals surface area contributed by atoms with Crippen molar-refractivity contribution in [1.82, 2.24) is 10.3 Å². The molecule has 0 bridgehead atoms. The van der Waals surface area contributed by atoms with Gasteiger partial charge in [-0.3, -0.25) is 4.98 Å². The van der Waals surface area contributed by atoms with Crippen LogP contribution in [-0.2, 0) is 0 Å². The number of halogens is 1. The predicted octanol–water partition coefficient (Wildman–Crippen LogP) is 6.49. The van der Waals surface area contributed by atoms with E-state index in [1.165, 1.54) is 17.7 Å². The van der Waals surface area contributed by atoms with Crippen molar-refractivity contribution in [2.75, 3.05) is 4.90 Å². The van der Waals surface area contributed by atoms with Gasteiger partial charge in [-0.1, -0.05) is 23.7 Å². The third kappa shape index (κ3) is 4.29. The van der Waals surface area contributed by atoms with Gasteiger partial charge in [0.1, 0.15) is 17.6 Å². The zero-order chi connectivity index (χ0) is 24.7. The van der Waals surface area contributed by atoms with Gasteiger partial charge in [-0.15, -0.1) is 0 Å². The van der Waals surface area contributed by atoms with Crippen molar-refractivity contribution in [3.63, 3.8) is 0 Å². The van der Waals surface area contributed by atoms with E-state index >= 15 is 0 Å². The van der Waals surface area contributed by atoms with Gasteiger partial charge in [-0.2, -0.15) is 0 Å². The quantitative estimate of drug-likeness (QED) is 0.301. The van der Waals surface area contributed by atoms with Crippen LogP contribution in [-0.4, -0.2) is 21.2 Å². The summed E-state index contributed by atoms with van der Waals surface area (Å²) in [4.78, 5) is 18.1. The van der Waals surface area contributed by atoms with E-state index < -0.39 is 5.97 Å². The molecule has 1 aliphatic heterocycles. The second-order valence-electron chi connectivity index (χ2n) is 8.47. The van der Waals surface area contributed by atoms with Crippen molar-refractivity contribution in [2.45, 2.75) is 25.9 Å². The first-order valence-electron chi connectivity index (χ1n) is 11.0. The second-order valence-corrected chi connectivity index (χ2v) is 9.26. The number of aromatic carboxylic acids is 1. The summed E-state index contributed by atoms with van der Waals surface area (Å²) in [6.45, 7) is 4.14. The lowest BCUT2D eigenvalue weighted by molar-refractivity contribution is 0.0697. The summed E-state index contributed by atoms with van der Waals surface area (Å²) in [6, 6.07) is 19.6. The molecular formula is C27H22ClN3O3S. The van der Waals surface area contributed by atoms with Gasteiger partial charge in [-0.05, 0) is 91.8 Å². The standard InChI is InChI=1S/C27H22ClN3O3S/c1-15-6-8-18(13-16(15)2)31-25(24(30-27(31)35)21-5-3-4-12-29-21)23-11-10-22(34-23)19-14-17(26(32)33)7-9-20(19)28/h3-14,24-25H,1-2H3,(H,30,35)(H,32,33)/t24-,25+/m1/s1. The third-order valence-electron chi connectivity index (χ3n) is 6.26. The third-order valence-corrected chi connectivity index (χ3v) is 6.91. The van der Waals surface area contributed by atoms with Gasteiger partial charge in [0.05, 0.1) is 22.3 Å². The lowest BCUT2D eigenvalue weighted by Gasteiger charge is -2.26.